The number of H-pyrrole nitrogens is 1. The maximum Gasteiger partial charge on any atom is 0.335 e. The molecule has 0 saturated carbocycles. The number of aromatic amines is 1. The number of carboxylic acid groups (broad SMARTS) is 1. The van der Waals surface area contributed by atoms with Crippen LogP contribution in [0.3, 0.4) is 0 Å². The van der Waals surface area contributed by atoms with Gasteiger partial charge in [0.15, 0.2) is 5.82 Å². The van der Waals surface area contributed by atoms with E-state index < -0.39 is 5.97 Å². The van der Waals surface area contributed by atoms with Crippen LogP contribution >= 0.6 is 0 Å². The molecule has 0 aliphatic rings. The van der Waals surface area contributed by atoms with E-state index in [1.54, 1.807) is 12.1 Å². The molecule has 0 atom stereocenters. The minimum absolute atomic E-state index is 0.187. The number of nitrogens with one attached hydrogen (secondary N) is 1. The molecule has 8 nitrogen and oxygen atoms in total. The van der Waals surface area contributed by atoms with Gasteiger partial charge in [-0.1, -0.05) is 11.3 Å². The van der Waals surface area contributed by atoms with Crippen LogP contribution < -0.4 is 4.90 Å². The number of aromatic nitrogens is 5. The zero-order chi connectivity index (χ0) is 19.1. The molecule has 2 heterocycles. The quantitative estimate of drug-likeness (QED) is 0.574. The molecule has 27 heavy (non-hydrogen) atoms. The summed E-state index contributed by atoms with van der Waals surface area (Å²) in [6.07, 6.45) is 0. The number of aromatic carboxylic acids is 1. The molecule has 0 unspecified atom stereocenters. The van der Waals surface area contributed by atoms with Crippen LogP contribution in [0.1, 0.15) is 24.2 Å². The molecule has 0 aliphatic heterocycles. The van der Waals surface area contributed by atoms with Crippen molar-refractivity contribution in [3.8, 4) is 11.3 Å². The van der Waals surface area contributed by atoms with Crippen molar-refractivity contribution in [3.63, 3.8) is 0 Å². The van der Waals surface area contributed by atoms with E-state index in [0.29, 0.717) is 22.5 Å². The van der Waals surface area contributed by atoms with E-state index in [2.05, 4.69) is 29.3 Å². The van der Waals surface area contributed by atoms with Crippen LogP contribution in [0.4, 0.5) is 5.82 Å². The lowest BCUT2D eigenvalue weighted by Gasteiger charge is -2.25. The summed E-state index contributed by atoms with van der Waals surface area (Å²) < 4.78 is 0. The predicted molar refractivity (Wildman–Crippen MR) is 103 cm³/mol. The van der Waals surface area contributed by atoms with E-state index in [9.17, 15) is 9.90 Å². The van der Waals surface area contributed by atoms with Gasteiger partial charge in [-0.25, -0.2) is 14.8 Å². The molecule has 0 aliphatic carbocycles. The molecule has 0 spiro atoms. The first-order valence-electron chi connectivity index (χ1n) is 8.53. The van der Waals surface area contributed by atoms with Crippen LogP contribution in [0.25, 0.3) is 33.3 Å². The van der Waals surface area contributed by atoms with Crippen molar-refractivity contribution in [2.24, 2.45) is 0 Å². The molecule has 0 bridgehead atoms. The molecule has 2 aromatic carbocycles. The standard InChI is InChI=1S/C19H18N6O2/c1-10(2)25(3)18-17(11-4-7-14-16(8-11)23-24-22-14)20-13-6-5-12(19(26)27)9-15(13)21-18/h4-10H,1-3H3,(H,26,27)(H,22,23,24). The van der Waals surface area contributed by atoms with Crippen LogP contribution in [0.15, 0.2) is 36.4 Å². The summed E-state index contributed by atoms with van der Waals surface area (Å²) in [6, 6.07) is 10.7. The van der Waals surface area contributed by atoms with Gasteiger partial charge < -0.3 is 10.0 Å². The van der Waals surface area contributed by atoms with Crippen molar-refractivity contribution >= 4 is 33.9 Å². The number of carbonyl (C=O) groups is 1. The third-order valence-electron chi connectivity index (χ3n) is 4.60. The summed E-state index contributed by atoms with van der Waals surface area (Å²) in [7, 11) is 1.94. The van der Waals surface area contributed by atoms with Crippen molar-refractivity contribution < 1.29 is 9.90 Å². The molecule has 0 amide bonds. The maximum absolute atomic E-state index is 11.3. The first kappa shape index (κ1) is 16.9. The fraction of sp³-hybridized carbons (Fsp3) is 0.211. The van der Waals surface area contributed by atoms with Gasteiger partial charge >= 0.3 is 5.97 Å². The zero-order valence-corrected chi connectivity index (χ0v) is 15.1. The van der Waals surface area contributed by atoms with Crippen molar-refractivity contribution in [2.45, 2.75) is 19.9 Å². The number of nitrogens with zero attached hydrogens (tertiary/aromatic N) is 5. The van der Waals surface area contributed by atoms with Crippen LogP contribution in [0.2, 0.25) is 0 Å². The average Bonchev–Trinajstić information content (AvgIpc) is 3.13. The monoisotopic (exact) mass is 362 g/mol. The summed E-state index contributed by atoms with van der Waals surface area (Å²) in [5.74, 6) is -0.305. The number of anilines is 1. The van der Waals surface area contributed by atoms with Gasteiger partial charge in [-0.2, -0.15) is 0 Å². The highest BCUT2D eigenvalue weighted by Gasteiger charge is 2.18. The Kier molecular flexibility index (Phi) is 3.95. The highest BCUT2D eigenvalue weighted by atomic mass is 16.4. The molecule has 4 aromatic rings. The number of fused-ring (bicyclic) bond motifs is 2. The summed E-state index contributed by atoms with van der Waals surface area (Å²) >= 11 is 0. The lowest BCUT2D eigenvalue weighted by molar-refractivity contribution is 0.0697. The SMILES string of the molecule is CC(C)N(C)c1nc2cc(C(=O)O)ccc2nc1-c1ccc2[nH]nnc2c1. The highest BCUT2D eigenvalue weighted by Crippen LogP contribution is 2.31. The molecule has 8 heteroatoms. The van der Waals surface area contributed by atoms with Crippen LogP contribution in [0.5, 0.6) is 0 Å². The maximum atomic E-state index is 11.3. The topological polar surface area (TPSA) is 108 Å². The number of rotatable bonds is 4. The summed E-state index contributed by atoms with van der Waals surface area (Å²) in [5.41, 5.74) is 4.54. The van der Waals surface area contributed by atoms with Gasteiger partial charge in [-0.05, 0) is 44.2 Å². The molecular weight excluding hydrogens is 344 g/mol. The number of hydrogen-bond donors (Lipinski definition) is 2. The Hall–Kier alpha value is -3.55. The van der Waals surface area contributed by atoms with Gasteiger partial charge in [-0.3, -0.25) is 5.10 Å². The van der Waals surface area contributed by atoms with E-state index in [0.717, 1.165) is 16.6 Å². The first-order valence-corrected chi connectivity index (χ1v) is 8.53. The Balaban J connectivity index is 1.97. The van der Waals surface area contributed by atoms with Gasteiger partial charge in [0.2, 0.25) is 0 Å². The molecule has 4 rings (SSSR count). The molecule has 0 radical (unpaired) electrons. The number of hydrogen-bond acceptors (Lipinski definition) is 6. The number of carboxylic acids is 1. The van der Waals surface area contributed by atoms with Crippen molar-refractivity contribution in [3.05, 3.63) is 42.0 Å². The second-order valence-corrected chi connectivity index (χ2v) is 6.65. The van der Waals surface area contributed by atoms with Gasteiger partial charge in [-0.15, -0.1) is 5.10 Å². The van der Waals surface area contributed by atoms with Gasteiger partial charge in [0.1, 0.15) is 11.2 Å². The second kappa shape index (κ2) is 6.31. The number of benzene rings is 2. The third-order valence-corrected chi connectivity index (χ3v) is 4.60. The van der Waals surface area contributed by atoms with Crippen molar-refractivity contribution in [2.75, 3.05) is 11.9 Å². The summed E-state index contributed by atoms with van der Waals surface area (Å²) in [4.78, 5) is 22.8. The Morgan fingerprint density at radius 2 is 1.89 bits per heavy atom. The second-order valence-electron chi connectivity index (χ2n) is 6.65. The molecule has 0 saturated heterocycles. The predicted octanol–water partition coefficient (Wildman–Crippen LogP) is 3.11. The Bertz CT molecular complexity index is 1170. The minimum atomic E-state index is -0.988. The van der Waals surface area contributed by atoms with Crippen LogP contribution in [0, 0.1) is 0 Å². The Labute approximate surface area is 154 Å². The molecular formula is C19H18N6O2. The van der Waals surface area contributed by atoms with Gasteiger partial charge in [0.25, 0.3) is 0 Å². The highest BCUT2D eigenvalue weighted by molar-refractivity contribution is 5.94. The first-order chi connectivity index (χ1) is 12.9. The van der Waals surface area contributed by atoms with E-state index in [-0.39, 0.29) is 11.6 Å². The van der Waals surface area contributed by atoms with E-state index in [1.165, 1.54) is 6.07 Å². The normalized spacial score (nSPS) is 11.4. The molecule has 2 aromatic heterocycles. The van der Waals surface area contributed by atoms with Crippen LogP contribution in [-0.4, -0.2) is 49.5 Å². The largest absolute Gasteiger partial charge is 0.478 e. The fourth-order valence-corrected chi connectivity index (χ4v) is 2.85. The molecule has 2 N–H and O–H groups in total. The Morgan fingerprint density at radius 3 is 2.63 bits per heavy atom. The van der Waals surface area contributed by atoms with E-state index in [4.69, 9.17) is 9.97 Å². The van der Waals surface area contributed by atoms with Crippen molar-refractivity contribution in [1.29, 1.82) is 0 Å². The fourth-order valence-electron chi connectivity index (χ4n) is 2.85. The third kappa shape index (κ3) is 2.95. The van der Waals surface area contributed by atoms with E-state index in [1.807, 2.05) is 30.1 Å². The van der Waals surface area contributed by atoms with Crippen LogP contribution in [-0.2, 0) is 0 Å². The van der Waals surface area contributed by atoms with Gasteiger partial charge in [0.05, 0.1) is 22.1 Å². The molecule has 136 valence electrons. The Morgan fingerprint density at radius 1 is 1.07 bits per heavy atom. The lowest BCUT2D eigenvalue weighted by atomic mass is 10.1. The zero-order valence-electron chi connectivity index (χ0n) is 15.1. The summed E-state index contributed by atoms with van der Waals surface area (Å²) in [5, 5.41) is 20.0. The minimum Gasteiger partial charge on any atom is -0.478 e. The lowest BCUT2D eigenvalue weighted by Crippen LogP contribution is -2.27. The molecule has 0 fully saturated rings. The van der Waals surface area contributed by atoms with E-state index >= 15 is 0 Å². The smallest absolute Gasteiger partial charge is 0.335 e. The summed E-state index contributed by atoms with van der Waals surface area (Å²) in [6.45, 7) is 4.12. The average molecular weight is 362 g/mol. The van der Waals surface area contributed by atoms with Gasteiger partial charge in [0, 0.05) is 18.7 Å². The van der Waals surface area contributed by atoms with Crippen molar-refractivity contribution in [1.82, 2.24) is 25.4 Å².